The zero-order valence-electron chi connectivity index (χ0n) is 6.83. The summed E-state index contributed by atoms with van der Waals surface area (Å²) in [4.78, 5) is 4.30. The van der Waals surface area contributed by atoms with Crippen LogP contribution in [0.1, 0.15) is 16.8 Å². The maximum absolute atomic E-state index is 4.30. The molecule has 0 saturated carbocycles. The van der Waals surface area contributed by atoms with Gasteiger partial charge >= 0.3 is 0 Å². The van der Waals surface area contributed by atoms with Gasteiger partial charge in [0.2, 0.25) is 0 Å². The van der Waals surface area contributed by atoms with Crippen molar-refractivity contribution in [3.63, 3.8) is 0 Å². The molecule has 0 atom stereocenters. The Morgan fingerprint density at radius 3 is 2.27 bits per heavy atom. The van der Waals surface area contributed by atoms with Gasteiger partial charge in [-0.25, -0.2) is 4.98 Å². The van der Waals surface area contributed by atoms with Crippen molar-refractivity contribution in [1.82, 2.24) is 4.98 Å². The van der Waals surface area contributed by atoms with E-state index in [1.54, 1.807) is 0 Å². The lowest BCUT2D eigenvalue weighted by molar-refractivity contribution is 1.13. The van der Waals surface area contributed by atoms with E-state index >= 15 is 0 Å². The van der Waals surface area contributed by atoms with E-state index in [-0.39, 0.29) is 0 Å². The number of rotatable bonds is 0. The Kier molecular flexibility index (Phi) is 2.49. The Labute approximate surface area is 78.8 Å². The van der Waals surface area contributed by atoms with E-state index in [2.05, 4.69) is 45.0 Å². The average Bonchev–Trinajstić information content (AvgIpc) is 1.97. The van der Waals surface area contributed by atoms with Crippen LogP contribution in [0, 0.1) is 20.8 Å². The Hall–Kier alpha value is -0.153. The van der Waals surface area contributed by atoms with Crippen molar-refractivity contribution in [3.8, 4) is 0 Å². The molecular formula is C8H9BrNSi. The first kappa shape index (κ1) is 8.94. The monoisotopic (exact) mass is 226 g/mol. The second kappa shape index (κ2) is 3.07. The summed E-state index contributed by atoms with van der Waals surface area (Å²) in [6, 6.07) is 0. The number of aryl methyl sites for hydroxylation is 1. The lowest BCUT2D eigenvalue weighted by Crippen LogP contribution is -2.15. The van der Waals surface area contributed by atoms with Gasteiger partial charge in [-0.1, -0.05) is 0 Å². The lowest BCUT2D eigenvalue weighted by Gasteiger charge is -2.08. The summed E-state index contributed by atoms with van der Waals surface area (Å²) >= 11 is 3.40. The van der Waals surface area contributed by atoms with E-state index in [0.717, 1.165) is 15.5 Å². The van der Waals surface area contributed by atoms with Gasteiger partial charge in [-0.15, -0.1) is 0 Å². The minimum Gasteiger partial charge on any atom is -0.246 e. The number of nitrogens with zero attached hydrogens (tertiary/aromatic N) is 1. The van der Waals surface area contributed by atoms with Crippen molar-refractivity contribution >= 4 is 31.4 Å². The standard InChI is InChI=1S/C8H9BrNSi/c1-4-5(2)8(9)10-6(3)7(4)11/h1-3H3. The molecule has 3 heteroatoms. The van der Waals surface area contributed by atoms with Crippen LogP contribution < -0.4 is 5.19 Å². The fraction of sp³-hybridized carbons (Fsp3) is 0.375. The van der Waals surface area contributed by atoms with Gasteiger partial charge in [0.25, 0.3) is 0 Å². The third kappa shape index (κ3) is 1.54. The molecule has 3 radical (unpaired) electrons. The molecule has 1 aromatic heterocycles. The summed E-state index contributed by atoms with van der Waals surface area (Å²) in [6.45, 7) is 6.12. The minimum absolute atomic E-state index is 0.939. The van der Waals surface area contributed by atoms with Crippen LogP contribution in [-0.2, 0) is 0 Å². The molecule has 0 N–H and O–H groups in total. The van der Waals surface area contributed by atoms with E-state index in [9.17, 15) is 0 Å². The smallest absolute Gasteiger partial charge is 0.109 e. The SMILES string of the molecule is Cc1nc(Br)c(C)c(C)c1[Si]. The first-order valence-corrected chi connectivity index (χ1v) is 4.68. The topological polar surface area (TPSA) is 12.9 Å². The maximum atomic E-state index is 4.30. The molecule has 1 aromatic rings. The zero-order valence-corrected chi connectivity index (χ0v) is 9.41. The van der Waals surface area contributed by atoms with Gasteiger partial charge in [-0.3, -0.25) is 0 Å². The van der Waals surface area contributed by atoms with Gasteiger partial charge in [0, 0.05) is 5.69 Å². The molecule has 57 valence electrons. The van der Waals surface area contributed by atoms with Crippen molar-refractivity contribution in [2.24, 2.45) is 0 Å². The Balaban J connectivity index is 3.46. The van der Waals surface area contributed by atoms with Crippen LogP contribution in [0.25, 0.3) is 0 Å². The summed E-state index contributed by atoms with van der Waals surface area (Å²) in [7, 11) is 3.53. The van der Waals surface area contributed by atoms with Crippen molar-refractivity contribution in [2.45, 2.75) is 20.8 Å². The average molecular weight is 227 g/mol. The van der Waals surface area contributed by atoms with Gasteiger partial charge in [0.05, 0.1) is 10.2 Å². The predicted octanol–water partition coefficient (Wildman–Crippen LogP) is 1.56. The second-order valence-electron chi connectivity index (χ2n) is 2.61. The highest BCUT2D eigenvalue weighted by molar-refractivity contribution is 9.10. The number of halogens is 1. The highest BCUT2D eigenvalue weighted by Gasteiger charge is 2.05. The van der Waals surface area contributed by atoms with Gasteiger partial charge in [-0.05, 0) is 53.0 Å². The van der Waals surface area contributed by atoms with Crippen molar-refractivity contribution in [3.05, 3.63) is 21.4 Å². The molecule has 0 fully saturated rings. The summed E-state index contributed by atoms with van der Waals surface area (Å²) in [5.41, 5.74) is 3.47. The molecule has 1 rings (SSSR count). The maximum Gasteiger partial charge on any atom is 0.109 e. The van der Waals surface area contributed by atoms with Gasteiger partial charge in [0.1, 0.15) is 4.60 Å². The van der Waals surface area contributed by atoms with Crippen LogP contribution in [0.3, 0.4) is 0 Å². The van der Waals surface area contributed by atoms with Gasteiger partial charge in [-0.2, -0.15) is 0 Å². The highest BCUT2D eigenvalue weighted by atomic mass is 79.9. The van der Waals surface area contributed by atoms with Crippen molar-refractivity contribution in [2.75, 3.05) is 0 Å². The number of hydrogen-bond donors (Lipinski definition) is 0. The molecule has 11 heavy (non-hydrogen) atoms. The summed E-state index contributed by atoms with van der Waals surface area (Å²) in [5.74, 6) is 0. The normalized spacial score (nSPS) is 10.3. The quantitative estimate of drug-likeness (QED) is 0.484. The van der Waals surface area contributed by atoms with Crippen LogP contribution in [0.4, 0.5) is 0 Å². The minimum atomic E-state index is 0.939. The molecule has 0 amide bonds. The molecule has 0 aliphatic carbocycles. The van der Waals surface area contributed by atoms with E-state index in [4.69, 9.17) is 0 Å². The molecule has 0 saturated heterocycles. The van der Waals surface area contributed by atoms with Crippen LogP contribution >= 0.6 is 15.9 Å². The van der Waals surface area contributed by atoms with Gasteiger partial charge < -0.3 is 0 Å². The van der Waals surface area contributed by atoms with Crippen LogP contribution in [-0.4, -0.2) is 15.2 Å². The number of aromatic nitrogens is 1. The van der Waals surface area contributed by atoms with Crippen LogP contribution in [0.5, 0.6) is 0 Å². The predicted molar refractivity (Wildman–Crippen MR) is 51.5 cm³/mol. The molecule has 0 unspecified atom stereocenters. The lowest BCUT2D eigenvalue weighted by atomic mass is 10.1. The highest BCUT2D eigenvalue weighted by Crippen LogP contribution is 2.15. The molecule has 0 aliphatic heterocycles. The molecule has 0 bridgehead atoms. The number of pyridine rings is 1. The molecule has 0 spiro atoms. The third-order valence-electron chi connectivity index (χ3n) is 1.87. The fourth-order valence-electron chi connectivity index (χ4n) is 0.901. The summed E-state index contributed by atoms with van der Waals surface area (Å²) < 4.78 is 0.939. The molecule has 0 aromatic carbocycles. The van der Waals surface area contributed by atoms with Crippen molar-refractivity contribution < 1.29 is 0 Å². The Bertz CT molecular complexity index is 270. The van der Waals surface area contributed by atoms with E-state index in [1.165, 1.54) is 11.1 Å². The second-order valence-corrected chi connectivity index (χ2v) is 3.86. The first-order chi connectivity index (χ1) is 5.04. The zero-order chi connectivity index (χ0) is 8.59. The van der Waals surface area contributed by atoms with E-state index in [1.807, 2.05) is 6.92 Å². The van der Waals surface area contributed by atoms with E-state index < -0.39 is 0 Å². The number of hydrogen-bond acceptors (Lipinski definition) is 1. The first-order valence-electron chi connectivity index (χ1n) is 3.39. The van der Waals surface area contributed by atoms with Crippen molar-refractivity contribution in [1.29, 1.82) is 0 Å². The Morgan fingerprint density at radius 2 is 1.73 bits per heavy atom. The summed E-state index contributed by atoms with van der Waals surface area (Å²) in [6.07, 6.45) is 0. The third-order valence-corrected chi connectivity index (χ3v) is 3.38. The largest absolute Gasteiger partial charge is 0.246 e. The van der Waals surface area contributed by atoms with Crippen LogP contribution in [0.2, 0.25) is 0 Å². The Morgan fingerprint density at radius 1 is 1.18 bits per heavy atom. The molecule has 0 aliphatic rings. The van der Waals surface area contributed by atoms with Gasteiger partial charge in [0.15, 0.2) is 0 Å². The molecule has 1 heterocycles. The molecular weight excluding hydrogens is 218 g/mol. The summed E-state index contributed by atoms with van der Waals surface area (Å²) in [5, 5.41) is 1.10. The fourth-order valence-corrected chi connectivity index (χ4v) is 1.71. The van der Waals surface area contributed by atoms with E-state index in [0.29, 0.717) is 0 Å². The molecule has 1 nitrogen and oxygen atoms in total. The van der Waals surface area contributed by atoms with Crippen LogP contribution in [0.15, 0.2) is 4.60 Å².